The van der Waals surface area contributed by atoms with Crippen molar-refractivity contribution in [1.82, 2.24) is 5.32 Å². The van der Waals surface area contributed by atoms with Crippen molar-refractivity contribution in [1.29, 1.82) is 0 Å². The van der Waals surface area contributed by atoms with Gasteiger partial charge in [0.25, 0.3) is 0 Å². The number of aldehydes is 2. The minimum atomic E-state index is -1.71. The molecule has 11 N–H and O–H groups in total. The quantitative estimate of drug-likeness (QED) is 0.145. The molecule has 0 aliphatic heterocycles. The molecular weight excluding hydrogens is 372 g/mol. The number of carbonyl (C=O) groups excluding carboxylic acids is 3. The SMILES string of the molecule is CC(=O)N[C@@H](C=O)[C@@H](O)[C@H](O)[C@H](O)CO.N[C@@H](C=O)[C@@H](O)[C@@H](O)[C@H](O)CO. The Kier molecular flexibility index (Phi) is 14.9. The number of hydrogen-bond donors (Lipinski definition) is 10. The monoisotopic (exact) mass is 400 g/mol. The van der Waals surface area contributed by atoms with Crippen molar-refractivity contribution in [3.05, 3.63) is 0 Å². The summed E-state index contributed by atoms with van der Waals surface area (Å²) in [5.74, 6) is -0.558. The third kappa shape index (κ3) is 10.4. The van der Waals surface area contributed by atoms with Gasteiger partial charge in [-0.15, -0.1) is 0 Å². The molecule has 0 aliphatic rings. The molecule has 0 fully saturated rings. The molecule has 0 saturated heterocycles. The Morgan fingerprint density at radius 1 is 0.852 bits per heavy atom. The van der Waals surface area contributed by atoms with E-state index >= 15 is 0 Å². The average molecular weight is 400 g/mol. The summed E-state index contributed by atoms with van der Waals surface area (Å²) in [5.41, 5.74) is 5.04. The molecule has 0 unspecified atom stereocenters. The number of aliphatic hydroxyl groups excluding tert-OH is 8. The minimum absolute atomic E-state index is 0.235. The zero-order chi connectivity index (χ0) is 21.7. The van der Waals surface area contributed by atoms with E-state index in [2.05, 4.69) is 5.32 Å². The highest BCUT2D eigenvalue weighted by Crippen LogP contribution is 2.04. The second-order valence-electron chi connectivity index (χ2n) is 5.54. The molecule has 13 nitrogen and oxygen atoms in total. The Morgan fingerprint density at radius 2 is 1.26 bits per heavy atom. The highest BCUT2D eigenvalue weighted by atomic mass is 16.4. The highest BCUT2D eigenvalue weighted by molar-refractivity contribution is 5.77. The molecule has 0 aromatic heterocycles. The van der Waals surface area contributed by atoms with Crippen molar-refractivity contribution >= 4 is 18.5 Å². The van der Waals surface area contributed by atoms with E-state index in [1.165, 1.54) is 0 Å². The lowest BCUT2D eigenvalue weighted by Gasteiger charge is -2.25. The number of aliphatic hydroxyl groups is 8. The van der Waals surface area contributed by atoms with Crippen LogP contribution in [0, 0.1) is 0 Å². The largest absolute Gasteiger partial charge is 0.394 e. The Hall–Kier alpha value is -1.55. The van der Waals surface area contributed by atoms with Crippen LogP contribution in [0.25, 0.3) is 0 Å². The zero-order valence-electron chi connectivity index (χ0n) is 14.6. The Labute approximate surface area is 154 Å². The fourth-order valence-corrected chi connectivity index (χ4v) is 1.63. The maximum absolute atomic E-state index is 10.6. The van der Waals surface area contributed by atoms with E-state index in [-0.39, 0.29) is 12.6 Å². The van der Waals surface area contributed by atoms with Gasteiger partial charge in [0, 0.05) is 6.92 Å². The summed E-state index contributed by atoms with van der Waals surface area (Å²) in [6.45, 7) is -0.328. The van der Waals surface area contributed by atoms with Crippen molar-refractivity contribution < 1.29 is 55.2 Å². The number of amides is 1. The number of nitrogens with one attached hydrogen (secondary N) is 1. The van der Waals surface area contributed by atoms with Crippen molar-refractivity contribution in [2.75, 3.05) is 13.2 Å². The molecule has 0 radical (unpaired) electrons. The Balaban J connectivity index is 0. The highest BCUT2D eigenvalue weighted by Gasteiger charge is 2.31. The summed E-state index contributed by atoms with van der Waals surface area (Å²) in [7, 11) is 0. The van der Waals surface area contributed by atoms with Gasteiger partial charge >= 0.3 is 0 Å². The number of nitrogens with two attached hydrogens (primary N) is 1. The van der Waals surface area contributed by atoms with Gasteiger partial charge in [0.15, 0.2) is 0 Å². The van der Waals surface area contributed by atoms with Crippen LogP contribution in [0.15, 0.2) is 0 Å². The molecular formula is C14H28N2O11. The number of hydrogen-bond acceptors (Lipinski definition) is 12. The summed E-state index contributed by atoms with van der Waals surface area (Å²) in [6, 6.07) is -2.58. The van der Waals surface area contributed by atoms with Crippen LogP contribution in [0.3, 0.4) is 0 Å². The molecule has 0 heterocycles. The molecule has 160 valence electrons. The molecule has 0 saturated carbocycles. The van der Waals surface area contributed by atoms with Crippen LogP contribution in [-0.2, 0) is 14.4 Å². The van der Waals surface area contributed by atoms with Crippen LogP contribution in [-0.4, -0.2) is 121 Å². The smallest absolute Gasteiger partial charge is 0.217 e. The molecule has 1 amide bonds. The molecule has 0 rings (SSSR count). The Morgan fingerprint density at radius 3 is 1.56 bits per heavy atom. The molecule has 0 bridgehead atoms. The number of rotatable bonds is 11. The van der Waals surface area contributed by atoms with Gasteiger partial charge < -0.3 is 61.5 Å². The summed E-state index contributed by atoms with van der Waals surface area (Å²) in [5, 5.41) is 73.3. The van der Waals surface area contributed by atoms with Crippen LogP contribution >= 0.6 is 0 Å². The van der Waals surface area contributed by atoms with Gasteiger partial charge in [-0.1, -0.05) is 0 Å². The maximum Gasteiger partial charge on any atom is 0.217 e. The predicted molar refractivity (Wildman–Crippen MR) is 87.9 cm³/mol. The Bertz CT molecular complexity index is 439. The first-order chi connectivity index (χ1) is 12.5. The van der Waals surface area contributed by atoms with E-state index in [0.717, 1.165) is 6.92 Å². The van der Waals surface area contributed by atoms with E-state index in [1.54, 1.807) is 0 Å². The van der Waals surface area contributed by atoms with Crippen LogP contribution in [0.2, 0.25) is 0 Å². The lowest BCUT2D eigenvalue weighted by molar-refractivity contribution is -0.129. The molecule has 0 aromatic carbocycles. The number of carbonyl (C=O) groups is 3. The van der Waals surface area contributed by atoms with Gasteiger partial charge in [-0.25, -0.2) is 0 Å². The molecule has 0 aromatic rings. The van der Waals surface area contributed by atoms with Crippen LogP contribution < -0.4 is 11.1 Å². The second-order valence-corrected chi connectivity index (χ2v) is 5.54. The van der Waals surface area contributed by atoms with Crippen molar-refractivity contribution in [2.24, 2.45) is 5.73 Å². The van der Waals surface area contributed by atoms with E-state index < -0.39 is 67.8 Å². The molecule has 8 atom stereocenters. The van der Waals surface area contributed by atoms with Crippen LogP contribution in [0.4, 0.5) is 0 Å². The van der Waals surface area contributed by atoms with Crippen LogP contribution in [0.5, 0.6) is 0 Å². The summed E-state index contributed by atoms with van der Waals surface area (Å²) >= 11 is 0. The van der Waals surface area contributed by atoms with Crippen molar-refractivity contribution in [2.45, 2.75) is 55.6 Å². The standard InChI is InChI=1S/C8H15NO6.C6H13NO5/c1-4(12)9-5(2-10)7(14)8(15)6(13)3-11;7-3(1-8)5(11)6(12)4(10)2-9/h2,5-8,11,13-15H,3H2,1H3,(H,9,12);1,3-6,9-12H,2,7H2/t5-,6+,7+,8+;3-,4+,5+,6-/m00/s1. The van der Waals surface area contributed by atoms with Gasteiger partial charge in [0.05, 0.1) is 19.3 Å². The van der Waals surface area contributed by atoms with Gasteiger partial charge in [-0.05, 0) is 0 Å². The summed E-state index contributed by atoms with van der Waals surface area (Å²) < 4.78 is 0. The average Bonchev–Trinajstić information content (AvgIpc) is 2.67. The van der Waals surface area contributed by atoms with E-state index in [4.69, 9.17) is 36.4 Å². The molecule has 0 spiro atoms. The van der Waals surface area contributed by atoms with Gasteiger partial charge in [-0.3, -0.25) is 4.79 Å². The fraction of sp³-hybridized carbons (Fsp3) is 0.786. The van der Waals surface area contributed by atoms with E-state index in [9.17, 15) is 24.6 Å². The normalized spacial score (nSPS) is 19.8. The summed E-state index contributed by atoms with van der Waals surface area (Å²) in [4.78, 5) is 31.1. The van der Waals surface area contributed by atoms with Crippen LogP contribution in [0.1, 0.15) is 6.92 Å². The van der Waals surface area contributed by atoms with Gasteiger partial charge in [-0.2, -0.15) is 0 Å². The molecule has 13 heteroatoms. The fourth-order valence-electron chi connectivity index (χ4n) is 1.63. The first-order valence-electron chi connectivity index (χ1n) is 7.71. The predicted octanol–water partition coefficient (Wildman–Crippen LogP) is -6.65. The zero-order valence-corrected chi connectivity index (χ0v) is 14.6. The van der Waals surface area contributed by atoms with Gasteiger partial charge in [0.1, 0.15) is 55.2 Å². The van der Waals surface area contributed by atoms with Gasteiger partial charge in [0.2, 0.25) is 5.91 Å². The van der Waals surface area contributed by atoms with E-state index in [0.29, 0.717) is 0 Å². The van der Waals surface area contributed by atoms with E-state index in [1.807, 2.05) is 0 Å². The molecule has 0 aliphatic carbocycles. The molecule has 27 heavy (non-hydrogen) atoms. The topological polar surface area (TPSA) is 251 Å². The van der Waals surface area contributed by atoms with Crippen molar-refractivity contribution in [3.8, 4) is 0 Å². The first kappa shape index (κ1) is 27.7. The lowest BCUT2D eigenvalue weighted by Crippen LogP contribution is -2.53. The second kappa shape index (κ2) is 14.5. The first-order valence-corrected chi connectivity index (χ1v) is 7.71. The maximum atomic E-state index is 10.6. The van der Waals surface area contributed by atoms with Crippen molar-refractivity contribution in [3.63, 3.8) is 0 Å². The lowest BCUT2D eigenvalue weighted by atomic mass is 10.0. The minimum Gasteiger partial charge on any atom is -0.394 e. The third-order valence-corrected chi connectivity index (χ3v) is 3.30. The summed E-state index contributed by atoms with van der Waals surface area (Å²) in [6.07, 6.45) is -9.15. The third-order valence-electron chi connectivity index (χ3n) is 3.30.